The van der Waals surface area contributed by atoms with E-state index in [-0.39, 0.29) is 23.1 Å². The molecule has 1 aromatic rings. The molecule has 2 fully saturated rings. The fourth-order valence-corrected chi connectivity index (χ4v) is 3.98. The van der Waals surface area contributed by atoms with Gasteiger partial charge in [0.1, 0.15) is 0 Å². The zero-order valence-electron chi connectivity index (χ0n) is 12.2. The molecule has 0 radical (unpaired) electrons. The lowest BCUT2D eigenvalue weighted by atomic mass is 9.62. The van der Waals surface area contributed by atoms with Crippen molar-refractivity contribution in [1.29, 1.82) is 0 Å². The van der Waals surface area contributed by atoms with Crippen LogP contribution in [0.2, 0.25) is 10.0 Å². The van der Waals surface area contributed by atoms with E-state index in [1.165, 1.54) is 4.90 Å². The van der Waals surface area contributed by atoms with E-state index in [1.54, 1.807) is 18.2 Å². The third-order valence-corrected chi connectivity index (χ3v) is 6.32. The number of hydrogen-bond acceptors (Lipinski definition) is 2. The van der Waals surface area contributed by atoms with Crippen LogP contribution in [0, 0.1) is 16.7 Å². The van der Waals surface area contributed by atoms with Gasteiger partial charge in [-0.05, 0) is 36.5 Å². The normalized spacial score (nSPS) is 30.9. The van der Waals surface area contributed by atoms with Crippen molar-refractivity contribution in [3.8, 4) is 0 Å². The molecule has 2 bridgehead atoms. The average Bonchev–Trinajstić information content (AvgIpc) is 2.59. The zero-order valence-corrected chi connectivity index (χ0v) is 13.8. The van der Waals surface area contributed by atoms with Crippen LogP contribution in [-0.2, 0) is 9.59 Å². The summed E-state index contributed by atoms with van der Waals surface area (Å²) in [6.45, 7) is 6.01. The van der Waals surface area contributed by atoms with E-state index in [9.17, 15) is 9.59 Å². The second kappa shape index (κ2) is 4.47. The number of piperidine rings is 1. The lowest BCUT2D eigenvalue weighted by molar-refractivity contribution is -0.146. The van der Waals surface area contributed by atoms with Crippen LogP contribution in [0.1, 0.15) is 33.6 Å². The molecule has 2 amide bonds. The molecule has 0 spiro atoms. The molecular weight excluding hydrogens is 309 g/mol. The maximum Gasteiger partial charge on any atom is 0.240 e. The summed E-state index contributed by atoms with van der Waals surface area (Å²) in [4.78, 5) is 27.0. The van der Waals surface area contributed by atoms with Crippen LogP contribution in [-0.4, -0.2) is 11.8 Å². The standard InChI is InChI=1S/C16H17Cl2NO2/c1-15(2)10-6-7-16(15,3)14(21)19(13(10)20)9-4-5-11(17)12(18)8-9/h4-5,8,10H,6-7H2,1-3H3/t10-,16+/m0/s1. The maximum atomic E-state index is 13.0. The van der Waals surface area contributed by atoms with Gasteiger partial charge >= 0.3 is 0 Å². The molecule has 1 saturated carbocycles. The molecule has 0 aromatic heterocycles. The van der Waals surface area contributed by atoms with Gasteiger partial charge in [-0.2, -0.15) is 0 Å². The molecule has 21 heavy (non-hydrogen) atoms. The molecule has 5 heteroatoms. The Labute approximate surface area is 134 Å². The van der Waals surface area contributed by atoms with Gasteiger partial charge in [0.25, 0.3) is 0 Å². The molecule has 1 aromatic carbocycles. The van der Waals surface area contributed by atoms with Gasteiger partial charge in [-0.1, -0.05) is 44.0 Å². The van der Waals surface area contributed by atoms with Crippen molar-refractivity contribution < 1.29 is 9.59 Å². The highest BCUT2D eigenvalue weighted by molar-refractivity contribution is 6.42. The summed E-state index contributed by atoms with van der Waals surface area (Å²) in [5.74, 6) is -0.391. The van der Waals surface area contributed by atoms with Gasteiger partial charge in [0.15, 0.2) is 0 Å². The first-order valence-electron chi connectivity index (χ1n) is 7.03. The number of carbonyl (C=O) groups is 2. The van der Waals surface area contributed by atoms with Crippen LogP contribution in [0.4, 0.5) is 5.69 Å². The zero-order chi connectivity index (χ0) is 15.6. The number of carbonyl (C=O) groups excluding carboxylic acids is 2. The highest BCUT2D eigenvalue weighted by atomic mass is 35.5. The van der Waals surface area contributed by atoms with E-state index in [1.807, 2.05) is 20.8 Å². The van der Waals surface area contributed by atoms with E-state index in [0.717, 1.165) is 12.8 Å². The van der Waals surface area contributed by atoms with Gasteiger partial charge in [0.05, 0.1) is 21.1 Å². The van der Waals surface area contributed by atoms with Gasteiger partial charge in [-0.15, -0.1) is 0 Å². The second-order valence-electron chi connectivity index (χ2n) is 6.72. The van der Waals surface area contributed by atoms with Crippen molar-refractivity contribution in [2.45, 2.75) is 33.6 Å². The number of amides is 2. The van der Waals surface area contributed by atoms with Gasteiger partial charge in [-0.3, -0.25) is 9.59 Å². The topological polar surface area (TPSA) is 37.4 Å². The largest absolute Gasteiger partial charge is 0.274 e. The second-order valence-corrected chi connectivity index (χ2v) is 7.54. The minimum absolute atomic E-state index is 0.127. The van der Waals surface area contributed by atoms with Gasteiger partial charge in [0.2, 0.25) is 11.8 Å². The molecule has 2 aliphatic rings. The number of rotatable bonds is 1. The summed E-state index contributed by atoms with van der Waals surface area (Å²) >= 11 is 11.9. The van der Waals surface area contributed by atoms with Crippen LogP contribution in [0.25, 0.3) is 0 Å². The molecular formula is C16H17Cl2NO2. The minimum atomic E-state index is -0.516. The van der Waals surface area contributed by atoms with E-state index < -0.39 is 5.41 Å². The Bertz CT molecular complexity index is 656. The Morgan fingerprint density at radius 3 is 2.43 bits per heavy atom. The molecule has 2 atom stereocenters. The number of hydrogen-bond donors (Lipinski definition) is 0. The molecule has 1 heterocycles. The van der Waals surface area contributed by atoms with Gasteiger partial charge in [0, 0.05) is 5.92 Å². The predicted octanol–water partition coefficient (Wildman–Crippen LogP) is 4.31. The number of imide groups is 1. The molecule has 1 saturated heterocycles. The first-order valence-corrected chi connectivity index (χ1v) is 7.79. The summed E-state index contributed by atoms with van der Waals surface area (Å²) in [7, 11) is 0. The monoisotopic (exact) mass is 325 g/mol. The molecule has 1 aliphatic heterocycles. The van der Waals surface area contributed by atoms with Crippen LogP contribution in [0.5, 0.6) is 0 Å². The lowest BCUT2D eigenvalue weighted by Crippen LogP contribution is -2.59. The number of benzene rings is 1. The van der Waals surface area contributed by atoms with Crippen molar-refractivity contribution in [2.75, 3.05) is 4.90 Å². The summed E-state index contributed by atoms with van der Waals surface area (Å²) < 4.78 is 0. The first kappa shape index (κ1) is 14.9. The van der Waals surface area contributed by atoms with Crippen LogP contribution in [0.3, 0.4) is 0 Å². The van der Waals surface area contributed by atoms with Gasteiger partial charge < -0.3 is 0 Å². The van der Waals surface area contributed by atoms with Gasteiger partial charge in [-0.25, -0.2) is 4.90 Å². The number of fused-ring (bicyclic) bond motifs is 2. The summed E-state index contributed by atoms with van der Waals surface area (Å²) in [6, 6.07) is 4.87. The van der Waals surface area contributed by atoms with Crippen LogP contribution < -0.4 is 4.90 Å². The van der Waals surface area contributed by atoms with Crippen molar-refractivity contribution in [2.24, 2.45) is 16.7 Å². The minimum Gasteiger partial charge on any atom is -0.274 e. The summed E-state index contributed by atoms with van der Waals surface area (Å²) in [6.07, 6.45) is 1.50. The van der Waals surface area contributed by atoms with Crippen LogP contribution >= 0.6 is 23.2 Å². The molecule has 3 rings (SSSR count). The molecule has 112 valence electrons. The average molecular weight is 326 g/mol. The molecule has 0 unspecified atom stereocenters. The Morgan fingerprint density at radius 2 is 1.81 bits per heavy atom. The van der Waals surface area contributed by atoms with E-state index in [4.69, 9.17) is 23.2 Å². The third kappa shape index (κ3) is 1.80. The highest BCUT2D eigenvalue weighted by Crippen LogP contribution is 2.60. The van der Waals surface area contributed by atoms with Crippen molar-refractivity contribution in [3.63, 3.8) is 0 Å². The Hall–Kier alpha value is -1.06. The number of halogens is 2. The number of nitrogens with zero attached hydrogens (tertiary/aromatic N) is 1. The fourth-order valence-electron chi connectivity index (χ4n) is 3.69. The Morgan fingerprint density at radius 1 is 1.14 bits per heavy atom. The van der Waals surface area contributed by atoms with E-state index >= 15 is 0 Å². The van der Waals surface area contributed by atoms with Crippen molar-refractivity contribution in [3.05, 3.63) is 28.2 Å². The van der Waals surface area contributed by atoms with E-state index in [0.29, 0.717) is 15.7 Å². The van der Waals surface area contributed by atoms with Crippen molar-refractivity contribution in [1.82, 2.24) is 0 Å². The first-order chi connectivity index (χ1) is 9.70. The SMILES string of the molecule is CC1(C)[C@H]2CC[C@]1(C)C(=O)N(c1ccc(Cl)c(Cl)c1)C2=O. The molecule has 0 N–H and O–H groups in total. The maximum absolute atomic E-state index is 13.0. The lowest BCUT2D eigenvalue weighted by Gasteiger charge is -2.47. The number of anilines is 1. The molecule has 1 aliphatic carbocycles. The van der Waals surface area contributed by atoms with Crippen molar-refractivity contribution >= 4 is 40.7 Å². The molecule has 3 nitrogen and oxygen atoms in total. The smallest absolute Gasteiger partial charge is 0.240 e. The summed E-state index contributed by atoms with van der Waals surface area (Å²) in [5.41, 5.74) is -0.320. The third-order valence-electron chi connectivity index (χ3n) is 5.58. The highest BCUT2D eigenvalue weighted by Gasteiger charge is 2.64. The predicted molar refractivity (Wildman–Crippen MR) is 83.6 cm³/mol. The fraction of sp³-hybridized carbons (Fsp3) is 0.500. The quantitative estimate of drug-likeness (QED) is 0.721. The van der Waals surface area contributed by atoms with Crippen LogP contribution in [0.15, 0.2) is 18.2 Å². The Kier molecular flexibility index (Phi) is 3.16. The Balaban J connectivity index is 2.11. The van der Waals surface area contributed by atoms with E-state index in [2.05, 4.69) is 0 Å². The summed E-state index contributed by atoms with van der Waals surface area (Å²) in [5, 5.41) is 0.754.